The zero-order valence-corrected chi connectivity index (χ0v) is 21.7. The second-order valence-corrected chi connectivity index (χ2v) is 10.1. The van der Waals surface area contributed by atoms with Gasteiger partial charge in [-0.3, -0.25) is 4.79 Å². The van der Waals surface area contributed by atoms with Gasteiger partial charge in [0.1, 0.15) is 5.82 Å². The lowest BCUT2D eigenvalue weighted by Gasteiger charge is -2.38. The van der Waals surface area contributed by atoms with Gasteiger partial charge >= 0.3 is 12.1 Å². The second-order valence-electron chi connectivity index (χ2n) is 10.1. The topological polar surface area (TPSA) is 54.5 Å². The van der Waals surface area contributed by atoms with Crippen molar-refractivity contribution < 1.29 is 22.7 Å². The summed E-state index contributed by atoms with van der Waals surface area (Å²) >= 11 is 0. The van der Waals surface area contributed by atoms with Gasteiger partial charge in [0.15, 0.2) is 0 Å². The first-order chi connectivity index (χ1) is 17.1. The molecule has 0 bridgehead atoms. The molecule has 1 atom stereocenters. The van der Waals surface area contributed by atoms with Gasteiger partial charge in [0.05, 0.1) is 30.0 Å². The summed E-state index contributed by atoms with van der Waals surface area (Å²) in [6.45, 7) is 9.34. The van der Waals surface area contributed by atoms with Crippen LogP contribution in [0.3, 0.4) is 0 Å². The van der Waals surface area contributed by atoms with E-state index in [0.717, 1.165) is 48.6 Å². The molecule has 0 aliphatic heterocycles. The van der Waals surface area contributed by atoms with Crippen LogP contribution in [0.4, 0.5) is 30.4 Å². The summed E-state index contributed by atoms with van der Waals surface area (Å²) in [4.78, 5) is 18.5. The van der Waals surface area contributed by atoms with Crippen molar-refractivity contribution in [1.29, 1.82) is 0 Å². The number of pyridine rings is 1. The Morgan fingerprint density at radius 1 is 1.14 bits per heavy atom. The summed E-state index contributed by atoms with van der Waals surface area (Å²) in [5.74, 6) is 0.447. The molecule has 0 unspecified atom stereocenters. The highest BCUT2D eigenvalue weighted by Gasteiger charge is 2.31. The van der Waals surface area contributed by atoms with E-state index in [1.807, 2.05) is 19.1 Å². The maximum Gasteiger partial charge on any atom is 0.417 e. The number of carbonyl (C=O) groups is 1. The smallest absolute Gasteiger partial charge is 0.417 e. The lowest BCUT2D eigenvalue weighted by Crippen LogP contribution is -2.39. The predicted molar refractivity (Wildman–Crippen MR) is 138 cm³/mol. The molecule has 0 radical (unpaired) electrons. The number of benzene rings is 1. The third-order valence-electron chi connectivity index (χ3n) is 6.61. The van der Waals surface area contributed by atoms with E-state index in [4.69, 9.17) is 4.74 Å². The molecule has 36 heavy (non-hydrogen) atoms. The zero-order chi connectivity index (χ0) is 26.3. The fourth-order valence-electron chi connectivity index (χ4n) is 4.80. The van der Waals surface area contributed by atoms with Crippen molar-refractivity contribution in [2.24, 2.45) is 5.92 Å². The third kappa shape index (κ3) is 7.61. The Labute approximate surface area is 212 Å². The maximum absolute atomic E-state index is 13.0. The summed E-state index contributed by atoms with van der Waals surface area (Å²) in [5.41, 5.74) is 1.95. The highest BCUT2D eigenvalue weighted by molar-refractivity contribution is 5.76. The van der Waals surface area contributed by atoms with Crippen LogP contribution in [0.5, 0.6) is 0 Å². The van der Waals surface area contributed by atoms with Crippen molar-refractivity contribution in [2.75, 3.05) is 23.4 Å². The number of nitrogens with zero attached hydrogens (tertiary/aromatic N) is 2. The Kier molecular flexibility index (Phi) is 9.63. The van der Waals surface area contributed by atoms with Gasteiger partial charge in [-0.2, -0.15) is 13.2 Å². The van der Waals surface area contributed by atoms with Gasteiger partial charge in [0.2, 0.25) is 0 Å². The summed E-state index contributed by atoms with van der Waals surface area (Å²) in [5, 5.41) is 3.28. The summed E-state index contributed by atoms with van der Waals surface area (Å²) in [6, 6.07) is 8.91. The van der Waals surface area contributed by atoms with E-state index in [2.05, 4.69) is 35.1 Å². The Morgan fingerprint density at radius 3 is 2.44 bits per heavy atom. The molecule has 1 aromatic heterocycles. The van der Waals surface area contributed by atoms with Crippen molar-refractivity contribution in [1.82, 2.24) is 4.98 Å². The Bertz CT molecular complexity index is 987. The molecule has 0 spiro atoms. The largest absolute Gasteiger partial charge is 0.466 e. The van der Waals surface area contributed by atoms with Crippen molar-refractivity contribution in [2.45, 2.75) is 84.4 Å². The zero-order valence-electron chi connectivity index (χ0n) is 21.7. The van der Waals surface area contributed by atoms with E-state index < -0.39 is 11.7 Å². The molecule has 1 aliphatic carbocycles. The highest BCUT2D eigenvalue weighted by atomic mass is 19.4. The maximum atomic E-state index is 13.0. The second kappa shape index (κ2) is 12.5. The van der Waals surface area contributed by atoms with E-state index in [9.17, 15) is 18.0 Å². The first-order valence-electron chi connectivity index (χ1n) is 12.9. The first-order valence-corrected chi connectivity index (χ1v) is 12.9. The quantitative estimate of drug-likeness (QED) is 0.335. The SMILES string of the molecule is CCOC(=O)C[C@@H](C)c1ccc(N(CC(C)C)C2CCCCC2)c(Nc2ccc(C(F)(F)F)cn2)c1. The average Bonchev–Trinajstić information content (AvgIpc) is 2.83. The van der Waals surface area contributed by atoms with Gasteiger partial charge in [0, 0.05) is 18.8 Å². The van der Waals surface area contributed by atoms with Gasteiger partial charge in [-0.1, -0.05) is 46.1 Å². The van der Waals surface area contributed by atoms with Crippen LogP contribution in [-0.4, -0.2) is 30.1 Å². The molecule has 1 aliphatic rings. The monoisotopic (exact) mass is 505 g/mol. The lowest BCUT2D eigenvalue weighted by molar-refractivity contribution is -0.143. The normalized spacial score (nSPS) is 15.6. The van der Waals surface area contributed by atoms with Crippen LogP contribution >= 0.6 is 0 Å². The van der Waals surface area contributed by atoms with Crippen molar-refractivity contribution >= 4 is 23.2 Å². The molecule has 3 rings (SSSR count). The number of hydrogen-bond acceptors (Lipinski definition) is 5. The molecule has 8 heteroatoms. The molecule has 1 heterocycles. The van der Waals surface area contributed by atoms with Gasteiger partial charge in [-0.15, -0.1) is 0 Å². The first kappa shape index (κ1) is 27.8. The number of rotatable bonds is 10. The molecule has 2 aromatic rings. The van der Waals surface area contributed by atoms with E-state index in [1.54, 1.807) is 6.92 Å². The predicted octanol–water partition coefficient (Wildman–Crippen LogP) is 7.70. The molecule has 198 valence electrons. The number of carbonyl (C=O) groups excluding carboxylic acids is 1. The fourth-order valence-corrected chi connectivity index (χ4v) is 4.80. The van der Waals surface area contributed by atoms with Crippen LogP contribution < -0.4 is 10.2 Å². The van der Waals surface area contributed by atoms with Crippen LogP contribution in [0.25, 0.3) is 0 Å². The lowest BCUT2D eigenvalue weighted by atomic mass is 9.92. The summed E-state index contributed by atoms with van der Waals surface area (Å²) in [7, 11) is 0. The van der Waals surface area contributed by atoms with Crippen molar-refractivity contribution in [3.63, 3.8) is 0 Å². The number of anilines is 3. The van der Waals surface area contributed by atoms with E-state index in [-0.39, 0.29) is 18.3 Å². The molecule has 0 amide bonds. The van der Waals surface area contributed by atoms with Crippen LogP contribution in [0.15, 0.2) is 36.5 Å². The minimum atomic E-state index is -4.44. The van der Waals surface area contributed by atoms with Crippen LogP contribution in [-0.2, 0) is 15.7 Å². The minimum Gasteiger partial charge on any atom is -0.466 e. The highest BCUT2D eigenvalue weighted by Crippen LogP contribution is 2.37. The number of halogens is 3. The summed E-state index contributed by atoms with van der Waals surface area (Å²) in [6.07, 6.45) is 2.53. The number of nitrogens with one attached hydrogen (secondary N) is 1. The Morgan fingerprint density at radius 2 is 1.86 bits per heavy atom. The van der Waals surface area contributed by atoms with Gasteiger partial charge in [0.25, 0.3) is 0 Å². The minimum absolute atomic E-state index is 0.0764. The number of hydrogen-bond donors (Lipinski definition) is 1. The van der Waals surface area contributed by atoms with E-state index >= 15 is 0 Å². The molecule has 1 fully saturated rings. The number of esters is 1. The van der Waals surface area contributed by atoms with E-state index in [0.29, 0.717) is 24.4 Å². The molecular formula is C28H38F3N3O2. The van der Waals surface area contributed by atoms with Crippen LogP contribution in [0, 0.1) is 5.92 Å². The number of aromatic nitrogens is 1. The van der Waals surface area contributed by atoms with Gasteiger partial charge in [-0.25, -0.2) is 4.98 Å². The van der Waals surface area contributed by atoms with E-state index in [1.165, 1.54) is 25.3 Å². The van der Waals surface area contributed by atoms with Crippen LogP contribution in [0.1, 0.15) is 83.3 Å². The summed E-state index contributed by atoms with van der Waals surface area (Å²) < 4.78 is 44.2. The Hall–Kier alpha value is -2.77. The van der Waals surface area contributed by atoms with Crippen molar-refractivity contribution in [3.8, 4) is 0 Å². The van der Waals surface area contributed by atoms with Crippen molar-refractivity contribution in [3.05, 3.63) is 47.7 Å². The fraction of sp³-hybridized carbons (Fsp3) is 0.571. The molecule has 1 aromatic carbocycles. The molecule has 1 saturated carbocycles. The van der Waals surface area contributed by atoms with Crippen LogP contribution in [0.2, 0.25) is 0 Å². The molecular weight excluding hydrogens is 467 g/mol. The standard InChI is InChI=1S/C28H38F3N3O2/c1-5-36-27(35)15-20(4)21-11-13-25(34(18-19(2)3)23-9-7-6-8-10-23)24(16-21)33-26-14-12-22(17-32-26)28(29,30)31/h11-14,16-17,19-20,23H,5-10,15,18H2,1-4H3,(H,32,33)/t20-/m1/s1. The van der Waals surface area contributed by atoms with Gasteiger partial charge < -0.3 is 15.0 Å². The third-order valence-corrected chi connectivity index (χ3v) is 6.61. The average molecular weight is 506 g/mol. The molecule has 5 nitrogen and oxygen atoms in total. The molecule has 1 N–H and O–H groups in total. The number of ether oxygens (including phenoxy) is 1. The number of alkyl halides is 3. The Balaban J connectivity index is 1.98. The van der Waals surface area contributed by atoms with Gasteiger partial charge in [-0.05, 0) is 61.4 Å². The molecule has 0 saturated heterocycles.